The molecule has 1 aromatic rings. The lowest BCUT2D eigenvalue weighted by Gasteiger charge is -2.27. The number of hydrogen-bond acceptors (Lipinski definition) is 4. The molecule has 1 aromatic carbocycles. The van der Waals surface area contributed by atoms with Gasteiger partial charge < -0.3 is 15.4 Å². The van der Waals surface area contributed by atoms with E-state index in [0.29, 0.717) is 12.2 Å². The Morgan fingerprint density at radius 2 is 1.96 bits per heavy atom. The number of benzene rings is 1. The molecule has 0 unspecified atom stereocenters. The molecule has 132 valence electrons. The average Bonchev–Trinajstić information content (AvgIpc) is 2.55. The van der Waals surface area contributed by atoms with Crippen LogP contribution in [0.4, 0.5) is 5.69 Å². The van der Waals surface area contributed by atoms with Crippen LogP contribution in [-0.2, 0) is 14.3 Å². The molecule has 6 nitrogen and oxygen atoms in total. The molecule has 1 fully saturated rings. The molecule has 0 radical (unpaired) electrons. The third-order valence-corrected chi connectivity index (χ3v) is 4.53. The van der Waals surface area contributed by atoms with Gasteiger partial charge in [0.2, 0.25) is 11.8 Å². The van der Waals surface area contributed by atoms with Crippen molar-refractivity contribution in [1.82, 2.24) is 10.2 Å². The molecule has 1 saturated heterocycles. The van der Waals surface area contributed by atoms with E-state index in [1.165, 1.54) is 0 Å². The number of carbonyl (C=O) groups is 2. The molecule has 1 aliphatic rings. The van der Waals surface area contributed by atoms with Gasteiger partial charge in [0.1, 0.15) is 5.41 Å². The quantitative estimate of drug-likeness (QED) is 0.718. The highest BCUT2D eigenvalue weighted by atomic mass is 79.9. The molecular formula is C17H24BrN3O3. The van der Waals surface area contributed by atoms with Crippen LogP contribution >= 0.6 is 15.9 Å². The molecule has 24 heavy (non-hydrogen) atoms. The third-order valence-electron chi connectivity index (χ3n) is 4.04. The minimum atomic E-state index is -1.15. The minimum Gasteiger partial charge on any atom is -0.379 e. The van der Waals surface area contributed by atoms with E-state index in [0.717, 1.165) is 37.3 Å². The first-order chi connectivity index (χ1) is 11.4. The van der Waals surface area contributed by atoms with Gasteiger partial charge in [-0.05, 0) is 32.0 Å². The first-order valence-electron chi connectivity index (χ1n) is 8.05. The second kappa shape index (κ2) is 8.60. The van der Waals surface area contributed by atoms with E-state index in [2.05, 4.69) is 31.5 Å². The SMILES string of the molecule is CC(C)(C(=O)NCCN1CCOCC1)C(=O)Nc1cccc(Br)c1. The van der Waals surface area contributed by atoms with E-state index < -0.39 is 5.41 Å². The van der Waals surface area contributed by atoms with Gasteiger partial charge in [0.25, 0.3) is 0 Å². The highest BCUT2D eigenvalue weighted by molar-refractivity contribution is 9.10. The van der Waals surface area contributed by atoms with Gasteiger partial charge >= 0.3 is 0 Å². The molecule has 1 heterocycles. The van der Waals surface area contributed by atoms with Crippen molar-refractivity contribution in [1.29, 1.82) is 0 Å². The Labute approximate surface area is 151 Å². The maximum absolute atomic E-state index is 12.4. The third kappa shape index (κ3) is 5.29. The highest BCUT2D eigenvalue weighted by Gasteiger charge is 2.36. The van der Waals surface area contributed by atoms with Crippen molar-refractivity contribution in [2.45, 2.75) is 13.8 Å². The van der Waals surface area contributed by atoms with Crippen LogP contribution in [0.15, 0.2) is 28.7 Å². The summed E-state index contributed by atoms with van der Waals surface area (Å²) in [5.41, 5.74) is -0.489. The number of rotatable bonds is 6. The number of nitrogens with one attached hydrogen (secondary N) is 2. The van der Waals surface area contributed by atoms with Crippen LogP contribution in [0.2, 0.25) is 0 Å². The maximum Gasteiger partial charge on any atom is 0.239 e. The first kappa shape index (κ1) is 18.9. The second-order valence-electron chi connectivity index (χ2n) is 6.30. The Balaban J connectivity index is 1.83. The predicted molar refractivity (Wildman–Crippen MR) is 96.8 cm³/mol. The molecule has 7 heteroatoms. The molecule has 2 rings (SSSR count). The van der Waals surface area contributed by atoms with Crippen LogP contribution in [-0.4, -0.2) is 56.1 Å². The van der Waals surface area contributed by atoms with Crippen LogP contribution in [0.1, 0.15) is 13.8 Å². The summed E-state index contributed by atoms with van der Waals surface area (Å²) in [6, 6.07) is 7.29. The summed E-state index contributed by atoms with van der Waals surface area (Å²) in [7, 11) is 0. The molecule has 1 aliphatic heterocycles. The number of carbonyl (C=O) groups excluding carboxylic acids is 2. The van der Waals surface area contributed by atoms with Gasteiger partial charge in [-0.25, -0.2) is 0 Å². The summed E-state index contributed by atoms with van der Waals surface area (Å²) in [4.78, 5) is 27.1. The van der Waals surface area contributed by atoms with Crippen LogP contribution in [0, 0.1) is 5.41 Å². The van der Waals surface area contributed by atoms with Crippen molar-refractivity contribution in [2.24, 2.45) is 5.41 Å². The molecule has 0 aromatic heterocycles. The van der Waals surface area contributed by atoms with Gasteiger partial charge in [-0.15, -0.1) is 0 Å². The fraction of sp³-hybridized carbons (Fsp3) is 0.529. The van der Waals surface area contributed by atoms with Gasteiger partial charge in [0.15, 0.2) is 0 Å². The number of hydrogen-bond donors (Lipinski definition) is 2. The number of halogens is 1. The summed E-state index contributed by atoms with van der Waals surface area (Å²) >= 11 is 3.36. The Morgan fingerprint density at radius 1 is 1.25 bits per heavy atom. The van der Waals surface area contributed by atoms with Gasteiger partial charge in [-0.3, -0.25) is 14.5 Å². The van der Waals surface area contributed by atoms with Crippen LogP contribution in [0.25, 0.3) is 0 Å². The molecular weight excluding hydrogens is 374 g/mol. The number of morpholine rings is 1. The van der Waals surface area contributed by atoms with Gasteiger partial charge in [-0.1, -0.05) is 22.0 Å². The monoisotopic (exact) mass is 397 g/mol. The zero-order valence-corrected chi connectivity index (χ0v) is 15.7. The second-order valence-corrected chi connectivity index (χ2v) is 7.22. The summed E-state index contributed by atoms with van der Waals surface area (Å²) in [6.07, 6.45) is 0. The maximum atomic E-state index is 12.4. The minimum absolute atomic E-state index is 0.275. The lowest BCUT2D eigenvalue weighted by atomic mass is 9.91. The largest absolute Gasteiger partial charge is 0.379 e. The smallest absolute Gasteiger partial charge is 0.239 e. The fourth-order valence-electron chi connectivity index (χ4n) is 2.33. The zero-order chi connectivity index (χ0) is 17.6. The molecule has 0 spiro atoms. The van der Waals surface area contributed by atoms with Crippen LogP contribution < -0.4 is 10.6 Å². The topological polar surface area (TPSA) is 70.7 Å². The number of anilines is 1. The Kier molecular flexibility index (Phi) is 6.77. The van der Waals surface area contributed by atoms with Crippen molar-refractivity contribution in [2.75, 3.05) is 44.7 Å². The van der Waals surface area contributed by atoms with Crippen molar-refractivity contribution in [3.63, 3.8) is 0 Å². The van der Waals surface area contributed by atoms with Crippen molar-refractivity contribution < 1.29 is 14.3 Å². The Hall–Kier alpha value is -1.44. The van der Waals surface area contributed by atoms with Crippen LogP contribution in [0.5, 0.6) is 0 Å². The van der Waals surface area contributed by atoms with E-state index in [9.17, 15) is 9.59 Å². The Bertz CT molecular complexity index is 586. The number of amides is 2. The Morgan fingerprint density at radius 3 is 2.62 bits per heavy atom. The predicted octanol–water partition coefficient (Wildman–Crippen LogP) is 1.86. The summed E-state index contributed by atoms with van der Waals surface area (Å²) in [6.45, 7) is 7.76. The molecule has 2 N–H and O–H groups in total. The number of nitrogens with zero attached hydrogens (tertiary/aromatic N) is 1. The lowest BCUT2D eigenvalue weighted by molar-refractivity contribution is -0.138. The molecule has 0 bridgehead atoms. The van der Waals surface area contributed by atoms with Gasteiger partial charge in [-0.2, -0.15) is 0 Å². The zero-order valence-electron chi connectivity index (χ0n) is 14.1. The van der Waals surface area contributed by atoms with E-state index in [-0.39, 0.29) is 11.8 Å². The standard InChI is InChI=1S/C17H24BrN3O3/c1-17(2,16(23)20-14-5-3-4-13(18)12-14)15(22)19-6-7-21-8-10-24-11-9-21/h3-5,12H,6-11H2,1-2H3,(H,19,22)(H,20,23). The average molecular weight is 398 g/mol. The summed E-state index contributed by atoms with van der Waals surface area (Å²) in [5.74, 6) is -0.604. The summed E-state index contributed by atoms with van der Waals surface area (Å²) in [5, 5.41) is 5.64. The van der Waals surface area contributed by atoms with Gasteiger partial charge in [0.05, 0.1) is 13.2 Å². The van der Waals surface area contributed by atoms with Crippen molar-refractivity contribution in [3.8, 4) is 0 Å². The highest BCUT2D eigenvalue weighted by Crippen LogP contribution is 2.21. The van der Waals surface area contributed by atoms with Crippen molar-refractivity contribution in [3.05, 3.63) is 28.7 Å². The lowest BCUT2D eigenvalue weighted by Crippen LogP contribution is -2.48. The number of ether oxygens (including phenoxy) is 1. The van der Waals surface area contributed by atoms with Crippen LogP contribution in [0.3, 0.4) is 0 Å². The first-order valence-corrected chi connectivity index (χ1v) is 8.84. The van der Waals surface area contributed by atoms with Crippen molar-refractivity contribution >= 4 is 33.4 Å². The molecule has 0 atom stereocenters. The molecule has 0 saturated carbocycles. The van der Waals surface area contributed by atoms with Gasteiger partial charge in [0, 0.05) is 36.3 Å². The summed E-state index contributed by atoms with van der Waals surface area (Å²) < 4.78 is 6.16. The normalized spacial score (nSPS) is 15.8. The van der Waals surface area contributed by atoms with E-state index >= 15 is 0 Å². The molecule has 2 amide bonds. The van der Waals surface area contributed by atoms with E-state index in [1.807, 2.05) is 12.1 Å². The fourth-order valence-corrected chi connectivity index (χ4v) is 2.73. The van der Waals surface area contributed by atoms with E-state index in [4.69, 9.17) is 4.74 Å². The molecule has 0 aliphatic carbocycles. The van der Waals surface area contributed by atoms with E-state index in [1.54, 1.807) is 26.0 Å².